The van der Waals surface area contributed by atoms with Gasteiger partial charge in [-0.1, -0.05) is 18.2 Å². The molecule has 0 spiro atoms. The molecule has 0 aliphatic heterocycles. The van der Waals surface area contributed by atoms with Gasteiger partial charge in [0.2, 0.25) is 0 Å². The summed E-state index contributed by atoms with van der Waals surface area (Å²) in [6.07, 6.45) is 0. The first-order chi connectivity index (χ1) is 12.1. The molecule has 1 aromatic heterocycles. The maximum atomic E-state index is 10.2. The highest BCUT2D eigenvalue weighted by atomic mass is 16.3. The lowest BCUT2D eigenvalue weighted by molar-refractivity contribution is 0.476. The Morgan fingerprint density at radius 3 is 2.48 bits per heavy atom. The SMILES string of the molecule is CCN(CC)c1ccc(N=Nc2cc(C)c3ccccc3n2)c(O)c1. The van der Waals surface area contributed by atoms with E-state index in [0.717, 1.165) is 35.2 Å². The van der Waals surface area contributed by atoms with E-state index in [9.17, 15) is 5.11 Å². The number of phenolic OH excluding ortho intramolecular Hbond substituents is 1. The van der Waals surface area contributed by atoms with E-state index in [4.69, 9.17) is 0 Å². The van der Waals surface area contributed by atoms with Gasteiger partial charge in [0.25, 0.3) is 0 Å². The summed E-state index contributed by atoms with van der Waals surface area (Å²) in [5.74, 6) is 0.647. The standard InChI is InChI=1S/C20H22N4O/c1-4-24(5-2)15-10-11-18(19(25)13-15)22-23-20-12-14(3)16-8-6-7-9-17(16)21-20/h6-13,25H,4-5H2,1-3H3. The number of hydrogen-bond acceptors (Lipinski definition) is 5. The third-order valence-corrected chi connectivity index (χ3v) is 4.26. The maximum Gasteiger partial charge on any atom is 0.175 e. The largest absolute Gasteiger partial charge is 0.506 e. The molecule has 128 valence electrons. The average Bonchev–Trinajstić information content (AvgIpc) is 2.62. The van der Waals surface area contributed by atoms with Crippen molar-refractivity contribution < 1.29 is 5.11 Å². The van der Waals surface area contributed by atoms with Gasteiger partial charge in [-0.05, 0) is 50.6 Å². The number of hydrogen-bond donors (Lipinski definition) is 1. The van der Waals surface area contributed by atoms with Gasteiger partial charge in [0.1, 0.15) is 11.4 Å². The Balaban J connectivity index is 1.89. The number of phenols is 1. The fourth-order valence-corrected chi connectivity index (χ4v) is 2.87. The minimum Gasteiger partial charge on any atom is -0.506 e. The minimum atomic E-state index is 0.116. The molecule has 0 saturated carbocycles. The molecule has 5 nitrogen and oxygen atoms in total. The highest BCUT2D eigenvalue weighted by Gasteiger charge is 2.07. The molecule has 3 rings (SSSR count). The molecule has 3 aromatic rings. The Hall–Kier alpha value is -2.95. The summed E-state index contributed by atoms with van der Waals surface area (Å²) in [5.41, 5.74) is 3.39. The van der Waals surface area contributed by atoms with Crippen molar-refractivity contribution in [1.82, 2.24) is 4.98 Å². The molecule has 0 fully saturated rings. The van der Waals surface area contributed by atoms with Crippen LogP contribution in [0.5, 0.6) is 5.75 Å². The topological polar surface area (TPSA) is 61.1 Å². The lowest BCUT2D eigenvalue weighted by atomic mass is 10.1. The van der Waals surface area contributed by atoms with E-state index in [1.165, 1.54) is 0 Å². The maximum absolute atomic E-state index is 10.2. The summed E-state index contributed by atoms with van der Waals surface area (Å²) < 4.78 is 0. The fraction of sp³-hybridized carbons (Fsp3) is 0.250. The van der Waals surface area contributed by atoms with Gasteiger partial charge in [-0.2, -0.15) is 0 Å². The number of anilines is 1. The van der Waals surface area contributed by atoms with E-state index in [2.05, 4.69) is 34.0 Å². The van der Waals surface area contributed by atoms with Crippen molar-refractivity contribution >= 4 is 28.1 Å². The van der Waals surface area contributed by atoms with Crippen LogP contribution in [0.1, 0.15) is 19.4 Å². The van der Waals surface area contributed by atoms with Crippen molar-refractivity contribution in [2.75, 3.05) is 18.0 Å². The molecule has 0 saturated heterocycles. The van der Waals surface area contributed by atoms with Gasteiger partial charge in [0.15, 0.2) is 5.82 Å². The van der Waals surface area contributed by atoms with Crippen LogP contribution in [0.4, 0.5) is 17.2 Å². The van der Waals surface area contributed by atoms with E-state index in [1.54, 1.807) is 12.1 Å². The number of fused-ring (bicyclic) bond motifs is 1. The van der Waals surface area contributed by atoms with Crippen LogP contribution in [0.3, 0.4) is 0 Å². The molecule has 0 unspecified atom stereocenters. The Labute approximate surface area is 147 Å². The van der Waals surface area contributed by atoms with Crippen LogP contribution in [0.15, 0.2) is 58.8 Å². The van der Waals surface area contributed by atoms with E-state index in [0.29, 0.717) is 11.5 Å². The third-order valence-electron chi connectivity index (χ3n) is 4.26. The Bertz CT molecular complexity index is 917. The number of aromatic nitrogens is 1. The molecule has 1 heterocycles. The number of aryl methyl sites for hydroxylation is 1. The molecule has 0 amide bonds. The van der Waals surface area contributed by atoms with E-state index in [1.807, 2.05) is 43.3 Å². The van der Waals surface area contributed by atoms with Gasteiger partial charge in [-0.15, -0.1) is 10.2 Å². The smallest absolute Gasteiger partial charge is 0.175 e. The quantitative estimate of drug-likeness (QED) is 0.626. The van der Waals surface area contributed by atoms with Crippen molar-refractivity contribution in [2.24, 2.45) is 10.2 Å². The minimum absolute atomic E-state index is 0.116. The zero-order valence-electron chi connectivity index (χ0n) is 14.8. The van der Waals surface area contributed by atoms with Crippen molar-refractivity contribution in [1.29, 1.82) is 0 Å². The van der Waals surface area contributed by atoms with Crippen LogP contribution in [-0.2, 0) is 0 Å². The number of benzene rings is 2. The monoisotopic (exact) mass is 334 g/mol. The van der Waals surface area contributed by atoms with Crippen LogP contribution < -0.4 is 4.90 Å². The predicted octanol–water partition coefficient (Wildman–Crippen LogP) is 5.51. The van der Waals surface area contributed by atoms with Crippen LogP contribution in [0.2, 0.25) is 0 Å². The molecule has 5 heteroatoms. The molecular formula is C20H22N4O. The van der Waals surface area contributed by atoms with E-state index in [-0.39, 0.29) is 5.75 Å². The van der Waals surface area contributed by atoms with E-state index < -0.39 is 0 Å². The highest BCUT2D eigenvalue weighted by molar-refractivity contribution is 5.83. The second-order valence-electron chi connectivity index (χ2n) is 5.86. The summed E-state index contributed by atoms with van der Waals surface area (Å²) in [7, 11) is 0. The number of para-hydroxylation sites is 1. The summed E-state index contributed by atoms with van der Waals surface area (Å²) in [4.78, 5) is 6.66. The van der Waals surface area contributed by atoms with Crippen LogP contribution in [-0.4, -0.2) is 23.2 Å². The van der Waals surface area contributed by atoms with Gasteiger partial charge in [-0.3, -0.25) is 0 Å². The molecule has 0 aliphatic rings. The van der Waals surface area contributed by atoms with Crippen molar-refractivity contribution in [3.8, 4) is 5.75 Å². The number of azo groups is 1. The second kappa shape index (κ2) is 7.30. The first-order valence-electron chi connectivity index (χ1n) is 8.48. The van der Waals surface area contributed by atoms with E-state index >= 15 is 0 Å². The van der Waals surface area contributed by atoms with Crippen molar-refractivity contribution in [2.45, 2.75) is 20.8 Å². The predicted molar refractivity (Wildman–Crippen MR) is 102 cm³/mol. The van der Waals surface area contributed by atoms with Crippen LogP contribution in [0, 0.1) is 6.92 Å². The third kappa shape index (κ3) is 3.60. The molecule has 0 bridgehead atoms. The Morgan fingerprint density at radius 1 is 1.00 bits per heavy atom. The first kappa shape index (κ1) is 16.9. The van der Waals surface area contributed by atoms with Crippen LogP contribution >= 0.6 is 0 Å². The lowest BCUT2D eigenvalue weighted by Gasteiger charge is -2.21. The molecule has 0 radical (unpaired) electrons. The molecule has 0 aliphatic carbocycles. The van der Waals surface area contributed by atoms with Gasteiger partial charge >= 0.3 is 0 Å². The summed E-state index contributed by atoms with van der Waals surface area (Å²) in [6.45, 7) is 7.97. The highest BCUT2D eigenvalue weighted by Crippen LogP contribution is 2.32. The molecule has 25 heavy (non-hydrogen) atoms. The number of aromatic hydroxyl groups is 1. The molecular weight excluding hydrogens is 312 g/mol. The fourth-order valence-electron chi connectivity index (χ4n) is 2.87. The second-order valence-corrected chi connectivity index (χ2v) is 5.86. The Morgan fingerprint density at radius 2 is 1.76 bits per heavy atom. The normalized spacial score (nSPS) is 11.3. The van der Waals surface area contributed by atoms with Crippen LogP contribution in [0.25, 0.3) is 10.9 Å². The van der Waals surface area contributed by atoms with Gasteiger partial charge in [0, 0.05) is 30.2 Å². The first-order valence-corrected chi connectivity index (χ1v) is 8.48. The number of pyridine rings is 1. The number of rotatable bonds is 5. The summed E-state index contributed by atoms with van der Waals surface area (Å²) >= 11 is 0. The zero-order valence-corrected chi connectivity index (χ0v) is 14.8. The molecule has 1 N–H and O–H groups in total. The lowest BCUT2D eigenvalue weighted by Crippen LogP contribution is -2.21. The molecule has 2 aromatic carbocycles. The Kier molecular flexibility index (Phi) is 4.93. The van der Waals surface area contributed by atoms with Gasteiger partial charge in [0.05, 0.1) is 5.52 Å². The zero-order chi connectivity index (χ0) is 17.8. The number of nitrogens with zero attached hydrogens (tertiary/aromatic N) is 4. The summed E-state index contributed by atoms with van der Waals surface area (Å²) in [5, 5.41) is 19.7. The van der Waals surface area contributed by atoms with Crippen molar-refractivity contribution in [3.05, 3.63) is 54.1 Å². The van der Waals surface area contributed by atoms with Crippen molar-refractivity contribution in [3.63, 3.8) is 0 Å². The average molecular weight is 334 g/mol. The van der Waals surface area contributed by atoms with Gasteiger partial charge < -0.3 is 10.0 Å². The van der Waals surface area contributed by atoms with Gasteiger partial charge in [-0.25, -0.2) is 4.98 Å². The molecule has 0 atom stereocenters. The summed E-state index contributed by atoms with van der Waals surface area (Å²) in [6, 6.07) is 15.3.